The van der Waals surface area contributed by atoms with E-state index in [1.165, 1.54) is 0 Å². The Balaban J connectivity index is 3.02. The van der Waals surface area contributed by atoms with Gasteiger partial charge in [0.2, 0.25) is 0 Å². The fourth-order valence-electron chi connectivity index (χ4n) is 1.12. The fourth-order valence-corrected chi connectivity index (χ4v) is 1.61. The summed E-state index contributed by atoms with van der Waals surface area (Å²) >= 11 is 3.33. The molecule has 68 valence electrons. The number of halogens is 1. The molecule has 0 aromatic heterocycles. The van der Waals surface area contributed by atoms with Crippen molar-refractivity contribution < 1.29 is 4.74 Å². The van der Waals surface area contributed by atoms with Crippen LogP contribution in [-0.4, -0.2) is 18.7 Å². The summed E-state index contributed by atoms with van der Waals surface area (Å²) < 4.78 is 6.04. The Bertz CT molecular complexity index is 245. The average molecular weight is 233 g/mol. The summed E-state index contributed by atoms with van der Waals surface area (Å²) in [5, 5.41) is 0. The zero-order valence-corrected chi connectivity index (χ0v) is 8.76. The first kappa shape index (κ1) is 9.77. The van der Waals surface area contributed by atoms with E-state index in [0.29, 0.717) is 5.76 Å². The lowest BCUT2D eigenvalue weighted by Gasteiger charge is -2.33. The molecule has 0 heterocycles. The van der Waals surface area contributed by atoms with Gasteiger partial charge >= 0.3 is 0 Å². The van der Waals surface area contributed by atoms with Gasteiger partial charge in [-0.25, -0.2) is 0 Å². The smallest absolute Gasteiger partial charge is 0.118 e. The van der Waals surface area contributed by atoms with E-state index in [9.17, 15) is 0 Å². The summed E-state index contributed by atoms with van der Waals surface area (Å²) in [4.78, 5) is 0. The van der Waals surface area contributed by atoms with Crippen LogP contribution in [-0.2, 0) is 4.74 Å². The number of allylic oxidation sites excluding steroid dienone is 2. The number of hydrogen-bond acceptors (Lipinski definition) is 3. The van der Waals surface area contributed by atoms with Gasteiger partial charge < -0.3 is 16.2 Å². The van der Waals surface area contributed by atoms with Gasteiger partial charge in [-0.3, -0.25) is 0 Å². The van der Waals surface area contributed by atoms with Gasteiger partial charge in [-0.05, 0) is 13.0 Å². The number of hydrogen-bond donors (Lipinski definition) is 2. The second kappa shape index (κ2) is 3.20. The Hall–Kier alpha value is -0.320. The predicted molar refractivity (Wildman–Crippen MR) is 52.7 cm³/mol. The molecular formula is C8H13BrN2O. The van der Waals surface area contributed by atoms with Crippen LogP contribution in [0.1, 0.15) is 6.92 Å². The normalized spacial score (nSPS) is 35.6. The largest absolute Gasteiger partial charge is 0.499 e. The summed E-state index contributed by atoms with van der Waals surface area (Å²) in [5.41, 5.74) is 11.2. The highest BCUT2D eigenvalue weighted by Crippen LogP contribution is 2.27. The van der Waals surface area contributed by atoms with E-state index in [1.54, 1.807) is 7.11 Å². The van der Waals surface area contributed by atoms with Crippen molar-refractivity contribution in [1.29, 1.82) is 0 Å². The molecule has 1 aliphatic rings. The van der Waals surface area contributed by atoms with E-state index in [1.807, 2.05) is 19.1 Å². The zero-order valence-electron chi connectivity index (χ0n) is 7.17. The van der Waals surface area contributed by atoms with Crippen molar-refractivity contribution in [3.05, 3.63) is 22.4 Å². The van der Waals surface area contributed by atoms with Crippen molar-refractivity contribution in [2.24, 2.45) is 11.5 Å². The number of ether oxygens (including phenoxy) is 1. The Kier molecular flexibility index (Phi) is 2.61. The highest BCUT2D eigenvalue weighted by molar-refractivity contribution is 9.11. The summed E-state index contributed by atoms with van der Waals surface area (Å²) in [7, 11) is 1.59. The standard InChI is InChI=1S/C8H13BrN2O/c1-8(11)6(10)3-5(9)4-7(8)12-2/h3-4,6H,10-11H2,1-2H3. The third kappa shape index (κ3) is 1.55. The molecule has 0 aliphatic heterocycles. The monoisotopic (exact) mass is 232 g/mol. The van der Waals surface area contributed by atoms with Gasteiger partial charge in [0, 0.05) is 10.5 Å². The molecule has 0 aromatic carbocycles. The first-order chi connectivity index (χ1) is 5.48. The maximum Gasteiger partial charge on any atom is 0.118 e. The second-order valence-corrected chi connectivity index (χ2v) is 3.99. The van der Waals surface area contributed by atoms with Crippen molar-refractivity contribution in [2.75, 3.05) is 7.11 Å². The van der Waals surface area contributed by atoms with Gasteiger partial charge in [0.05, 0.1) is 12.6 Å². The molecule has 0 amide bonds. The number of nitrogens with two attached hydrogens (primary N) is 2. The van der Waals surface area contributed by atoms with Crippen LogP contribution in [0.15, 0.2) is 22.4 Å². The molecule has 0 radical (unpaired) electrons. The van der Waals surface area contributed by atoms with Gasteiger partial charge in [0.1, 0.15) is 5.76 Å². The van der Waals surface area contributed by atoms with Crippen molar-refractivity contribution in [2.45, 2.75) is 18.5 Å². The lowest BCUT2D eigenvalue weighted by atomic mass is 9.88. The van der Waals surface area contributed by atoms with E-state index in [0.717, 1.165) is 4.48 Å². The molecule has 1 rings (SSSR count). The maximum absolute atomic E-state index is 5.95. The molecule has 0 fully saturated rings. The van der Waals surface area contributed by atoms with Gasteiger partial charge in [-0.2, -0.15) is 0 Å². The molecular weight excluding hydrogens is 220 g/mol. The van der Waals surface area contributed by atoms with Gasteiger partial charge in [-0.15, -0.1) is 0 Å². The highest BCUT2D eigenvalue weighted by atomic mass is 79.9. The molecule has 4 heteroatoms. The maximum atomic E-state index is 5.95. The van der Waals surface area contributed by atoms with E-state index in [-0.39, 0.29) is 6.04 Å². The molecule has 1 aliphatic carbocycles. The summed E-state index contributed by atoms with van der Waals surface area (Å²) in [6, 6.07) is -0.216. The molecule has 2 unspecified atom stereocenters. The zero-order chi connectivity index (χ0) is 9.35. The Morgan fingerprint density at radius 2 is 2.25 bits per heavy atom. The minimum Gasteiger partial charge on any atom is -0.499 e. The van der Waals surface area contributed by atoms with Crippen LogP contribution in [0.3, 0.4) is 0 Å². The fraction of sp³-hybridized carbons (Fsp3) is 0.500. The van der Waals surface area contributed by atoms with Crippen molar-refractivity contribution >= 4 is 15.9 Å². The van der Waals surface area contributed by atoms with Crippen LogP contribution in [0, 0.1) is 0 Å². The van der Waals surface area contributed by atoms with E-state index in [4.69, 9.17) is 16.2 Å². The van der Waals surface area contributed by atoms with Crippen molar-refractivity contribution in [3.63, 3.8) is 0 Å². The van der Waals surface area contributed by atoms with E-state index >= 15 is 0 Å². The van der Waals surface area contributed by atoms with Crippen molar-refractivity contribution in [3.8, 4) is 0 Å². The topological polar surface area (TPSA) is 61.3 Å². The summed E-state index contributed by atoms with van der Waals surface area (Å²) in [5.74, 6) is 0.698. The third-order valence-corrected chi connectivity index (χ3v) is 2.54. The van der Waals surface area contributed by atoms with Crippen LogP contribution in [0.4, 0.5) is 0 Å². The van der Waals surface area contributed by atoms with Crippen LogP contribution in [0.5, 0.6) is 0 Å². The van der Waals surface area contributed by atoms with Crippen molar-refractivity contribution in [1.82, 2.24) is 0 Å². The molecule has 2 atom stereocenters. The quantitative estimate of drug-likeness (QED) is 0.705. The molecule has 0 saturated carbocycles. The van der Waals surface area contributed by atoms with Gasteiger partial charge in [-0.1, -0.05) is 22.0 Å². The minimum atomic E-state index is -0.605. The van der Waals surface area contributed by atoms with Gasteiger partial charge in [0.25, 0.3) is 0 Å². The molecule has 0 aromatic rings. The van der Waals surface area contributed by atoms with Gasteiger partial charge in [0.15, 0.2) is 0 Å². The lowest BCUT2D eigenvalue weighted by Crippen LogP contribution is -2.54. The Morgan fingerprint density at radius 3 is 2.75 bits per heavy atom. The number of rotatable bonds is 1. The van der Waals surface area contributed by atoms with E-state index in [2.05, 4.69) is 15.9 Å². The number of methoxy groups -OCH3 is 1. The predicted octanol–water partition coefficient (Wildman–Crippen LogP) is 0.854. The van der Waals surface area contributed by atoms with Crippen LogP contribution in [0.2, 0.25) is 0 Å². The van der Waals surface area contributed by atoms with Crippen LogP contribution in [0.25, 0.3) is 0 Å². The van der Waals surface area contributed by atoms with E-state index < -0.39 is 5.54 Å². The van der Waals surface area contributed by atoms with Crippen LogP contribution < -0.4 is 11.5 Å². The summed E-state index contributed by atoms with van der Waals surface area (Å²) in [6.45, 7) is 1.85. The molecule has 0 saturated heterocycles. The Morgan fingerprint density at radius 1 is 1.67 bits per heavy atom. The first-order valence-electron chi connectivity index (χ1n) is 3.66. The summed E-state index contributed by atoms with van der Waals surface area (Å²) in [6.07, 6.45) is 3.70. The molecule has 0 spiro atoms. The molecule has 4 N–H and O–H groups in total. The highest BCUT2D eigenvalue weighted by Gasteiger charge is 2.34. The SMILES string of the molecule is COC1=CC(Br)=CC(N)C1(C)N. The lowest BCUT2D eigenvalue weighted by molar-refractivity contribution is 0.217. The Labute approximate surface area is 80.6 Å². The molecule has 12 heavy (non-hydrogen) atoms. The molecule has 0 bridgehead atoms. The van der Waals surface area contributed by atoms with Crippen LogP contribution >= 0.6 is 15.9 Å². The molecule has 3 nitrogen and oxygen atoms in total. The first-order valence-corrected chi connectivity index (χ1v) is 4.45. The third-order valence-electron chi connectivity index (χ3n) is 2.05. The average Bonchev–Trinajstić information content (AvgIpc) is 1.97. The minimum absolute atomic E-state index is 0.216. The second-order valence-electron chi connectivity index (χ2n) is 3.07.